The highest BCUT2D eigenvalue weighted by molar-refractivity contribution is 5.66. The van der Waals surface area contributed by atoms with Crippen molar-refractivity contribution in [2.75, 3.05) is 0 Å². The Morgan fingerprint density at radius 1 is 1.56 bits per heavy atom. The Balaban J connectivity index is 2.67. The molecule has 0 atom stereocenters. The van der Waals surface area contributed by atoms with Crippen molar-refractivity contribution in [3.63, 3.8) is 0 Å². The van der Waals surface area contributed by atoms with E-state index in [1.807, 2.05) is 0 Å². The lowest BCUT2D eigenvalue weighted by atomic mass is 10.3. The predicted molar refractivity (Wildman–Crippen MR) is 48.8 cm³/mol. The number of rotatable bonds is 4. The number of halogens is 3. The van der Waals surface area contributed by atoms with Crippen LogP contribution < -0.4 is 0 Å². The fraction of sp³-hybridized carbons (Fsp3) is 0.556. The average molecular weight is 236 g/mol. The first-order valence-electron chi connectivity index (χ1n) is 4.63. The van der Waals surface area contributed by atoms with E-state index < -0.39 is 17.8 Å². The molecule has 16 heavy (non-hydrogen) atoms. The van der Waals surface area contributed by atoms with Gasteiger partial charge in [0.05, 0.1) is 0 Å². The van der Waals surface area contributed by atoms with Crippen molar-refractivity contribution in [3.8, 4) is 0 Å². The van der Waals surface area contributed by atoms with Gasteiger partial charge in [-0.05, 0) is 18.9 Å². The van der Waals surface area contributed by atoms with Crippen molar-refractivity contribution in [1.82, 2.24) is 9.78 Å². The van der Waals surface area contributed by atoms with Gasteiger partial charge < -0.3 is 5.11 Å². The van der Waals surface area contributed by atoms with E-state index in [-0.39, 0.29) is 24.9 Å². The van der Waals surface area contributed by atoms with E-state index in [1.54, 1.807) is 0 Å². The Hall–Kier alpha value is -1.53. The summed E-state index contributed by atoms with van der Waals surface area (Å²) in [5, 5.41) is 11.7. The molecule has 0 saturated carbocycles. The highest BCUT2D eigenvalue weighted by Crippen LogP contribution is 2.30. The summed E-state index contributed by atoms with van der Waals surface area (Å²) in [7, 11) is 0. The molecule has 1 N–H and O–H groups in total. The lowest BCUT2D eigenvalue weighted by molar-refractivity contribution is -0.142. The molecule has 0 bridgehead atoms. The standard InChI is InChI=1S/C9H11F3N2O2/c1-6-5-14(4-2-3-7(15)16)13-8(6)9(10,11)12/h5H,2-4H2,1H3,(H,15,16). The first kappa shape index (κ1) is 12.5. The summed E-state index contributed by atoms with van der Waals surface area (Å²) in [4.78, 5) is 10.2. The lowest BCUT2D eigenvalue weighted by Crippen LogP contribution is -2.09. The SMILES string of the molecule is Cc1cn(CCCC(=O)O)nc1C(F)(F)F. The Labute approximate surface area is 89.7 Å². The topological polar surface area (TPSA) is 55.1 Å². The second kappa shape index (κ2) is 4.54. The number of hydrogen-bond acceptors (Lipinski definition) is 2. The Morgan fingerprint density at radius 3 is 2.62 bits per heavy atom. The van der Waals surface area contributed by atoms with Crippen molar-refractivity contribution >= 4 is 5.97 Å². The summed E-state index contributed by atoms with van der Waals surface area (Å²) < 4.78 is 38.2. The van der Waals surface area contributed by atoms with Gasteiger partial charge in [-0.1, -0.05) is 0 Å². The number of carboxylic acid groups (broad SMARTS) is 1. The van der Waals surface area contributed by atoms with Gasteiger partial charge in [0.2, 0.25) is 0 Å². The van der Waals surface area contributed by atoms with Crippen molar-refractivity contribution in [3.05, 3.63) is 17.5 Å². The molecular formula is C9H11F3N2O2. The van der Waals surface area contributed by atoms with Crippen molar-refractivity contribution in [1.29, 1.82) is 0 Å². The minimum absolute atomic E-state index is 0.0443. The minimum atomic E-state index is -4.46. The summed E-state index contributed by atoms with van der Waals surface area (Å²) >= 11 is 0. The van der Waals surface area contributed by atoms with Gasteiger partial charge in [0.25, 0.3) is 0 Å². The van der Waals surface area contributed by atoms with E-state index in [0.717, 1.165) is 4.68 Å². The largest absolute Gasteiger partial charge is 0.481 e. The van der Waals surface area contributed by atoms with Gasteiger partial charge in [-0.2, -0.15) is 18.3 Å². The van der Waals surface area contributed by atoms with Crippen LogP contribution in [0.15, 0.2) is 6.20 Å². The van der Waals surface area contributed by atoms with Gasteiger partial charge in [0.1, 0.15) is 0 Å². The summed E-state index contributed by atoms with van der Waals surface area (Å²) in [6, 6.07) is 0. The zero-order valence-corrected chi connectivity index (χ0v) is 8.58. The van der Waals surface area contributed by atoms with E-state index in [4.69, 9.17) is 5.11 Å². The number of hydrogen-bond donors (Lipinski definition) is 1. The molecule has 1 aromatic heterocycles. The predicted octanol–water partition coefficient (Wildman–Crippen LogP) is 2.08. The van der Waals surface area contributed by atoms with Gasteiger partial charge in [0.15, 0.2) is 5.69 Å². The normalized spacial score (nSPS) is 11.8. The number of nitrogens with zero attached hydrogens (tertiary/aromatic N) is 2. The van der Waals surface area contributed by atoms with E-state index >= 15 is 0 Å². The number of aromatic nitrogens is 2. The fourth-order valence-electron chi connectivity index (χ4n) is 1.31. The molecule has 0 radical (unpaired) electrons. The van der Waals surface area contributed by atoms with Crippen LogP contribution in [0.3, 0.4) is 0 Å². The van der Waals surface area contributed by atoms with E-state index in [1.165, 1.54) is 13.1 Å². The number of alkyl halides is 3. The molecule has 0 aliphatic rings. The van der Waals surface area contributed by atoms with Crippen LogP contribution >= 0.6 is 0 Å². The van der Waals surface area contributed by atoms with Crippen LogP contribution in [-0.4, -0.2) is 20.9 Å². The molecule has 0 spiro atoms. The Kier molecular flexibility index (Phi) is 3.56. The molecule has 1 heterocycles. The smallest absolute Gasteiger partial charge is 0.435 e. The molecule has 0 fully saturated rings. The third-order valence-corrected chi connectivity index (χ3v) is 1.99. The highest BCUT2D eigenvalue weighted by atomic mass is 19.4. The molecule has 0 amide bonds. The van der Waals surface area contributed by atoms with Crippen LogP contribution in [-0.2, 0) is 17.5 Å². The molecule has 1 aromatic rings. The molecular weight excluding hydrogens is 225 g/mol. The van der Waals surface area contributed by atoms with Crippen LogP contribution in [0.2, 0.25) is 0 Å². The van der Waals surface area contributed by atoms with Gasteiger partial charge in [0, 0.05) is 19.2 Å². The monoisotopic (exact) mass is 236 g/mol. The van der Waals surface area contributed by atoms with E-state index in [9.17, 15) is 18.0 Å². The first-order valence-corrected chi connectivity index (χ1v) is 4.63. The molecule has 0 saturated heterocycles. The number of carboxylic acids is 1. The number of carbonyl (C=O) groups is 1. The van der Waals surface area contributed by atoms with Crippen molar-refractivity contribution in [2.24, 2.45) is 0 Å². The molecule has 0 aliphatic carbocycles. The molecule has 1 rings (SSSR count). The van der Waals surface area contributed by atoms with Crippen LogP contribution in [0.4, 0.5) is 13.2 Å². The van der Waals surface area contributed by atoms with Gasteiger partial charge in [-0.3, -0.25) is 9.48 Å². The summed E-state index contributed by atoms with van der Waals surface area (Å²) in [6.45, 7) is 1.49. The lowest BCUT2D eigenvalue weighted by Gasteiger charge is -2.02. The van der Waals surface area contributed by atoms with Crippen LogP contribution in [0.1, 0.15) is 24.1 Å². The zero-order chi connectivity index (χ0) is 12.3. The number of aryl methyl sites for hydroxylation is 2. The Bertz CT molecular complexity index is 385. The van der Waals surface area contributed by atoms with E-state index in [2.05, 4.69) is 5.10 Å². The third kappa shape index (κ3) is 3.25. The average Bonchev–Trinajstić information content (AvgIpc) is 2.45. The maximum atomic E-state index is 12.3. The molecule has 0 aromatic carbocycles. The first-order chi connectivity index (χ1) is 7.30. The molecule has 0 unspecified atom stereocenters. The molecule has 0 aliphatic heterocycles. The third-order valence-electron chi connectivity index (χ3n) is 1.99. The highest BCUT2D eigenvalue weighted by Gasteiger charge is 2.35. The van der Waals surface area contributed by atoms with Gasteiger partial charge in [-0.15, -0.1) is 0 Å². The second-order valence-electron chi connectivity index (χ2n) is 3.42. The summed E-state index contributed by atoms with van der Waals surface area (Å²) in [6.07, 6.45) is -3.01. The summed E-state index contributed by atoms with van der Waals surface area (Å²) in [5.41, 5.74) is -0.870. The van der Waals surface area contributed by atoms with Crippen molar-refractivity contribution < 1.29 is 23.1 Å². The van der Waals surface area contributed by atoms with Gasteiger partial charge in [-0.25, -0.2) is 0 Å². The number of aliphatic carboxylic acids is 1. The van der Waals surface area contributed by atoms with Crippen LogP contribution in [0, 0.1) is 6.92 Å². The molecule has 7 heteroatoms. The zero-order valence-electron chi connectivity index (χ0n) is 8.58. The van der Waals surface area contributed by atoms with Crippen molar-refractivity contribution in [2.45, 2.75) is 32.5 Å². The van der Waals surface area contributed by atoms with Crippen LogP contribution in [0.25, 0.3) is 0 Å². The van der Waals surface area contributed by atoms with E-state index in [0.29, 0.717) is 0 Å². The molecule has 90 valence electrons. The fourth-order valence-corrected chi connectivity index (χ4v) is 1.31. The summed E-state index contributed by atoms with van der Waals surface area (Å²) in [5.74, 6) is -0.972. The van der Waals surface area contributed by atoms with Crippen LogP contribution in [0.5, 0.6) is 0 Å². The second-order valence-corrected chi connectivity index (χ2v) is 3.42. The Morgan fingerprint density at radius 2 is 2.19 bits per heavy atom. The quantitative estimate of drug-likeness (QED) is 0.870. The maximum absolute atomic E-state index is 12.3. The molecule has 4 nitrogen and oxygen atoms in total. The minimum Gasteiger partial charge on any atom is -0.481 e. The van der Waals surface area contributed by atoms with Gasteiger partial charge >= 0.3 is 12.1 Å². The maximum Gasteiger partial charge on any atom is 0.435 e.